The van der Waals surface area contributed by atoms with Crippen molar-refractivity contribution in [1.82, 2.24) is 0 Å². The lowest BCUT2D eigenvalue weighted by Crippen LogP contribution is -2.44. The van der Waals surface area contributed by atoms with E-state index in [0.717, 1.165) is 11.1 Å². The second-order valence-corrected chi connectivity index (χ2v) is 5.03. The van der Waals surface area contributed by atoms with Gasteiger partial charge >= 0.3 is 5.97 Å². The molecule has 2 unspecified atom stereocenters. The van der Waals surface area contributed by atoms with E-state index >= 15 is 0 Å². The first-order valence-corrected chi connectivity index (χ1v) is 6.50. The highest BCUT2D eigenvalue weighted by Gasteiger charge is 2.40. The van der Waals surface area contributed by atoms with Gasteiger partial charge in [-0.25, -0.2) is 0 Å². The van der Waals surface area contributed by atoms with Crippen LogP contribution >= 0.6 is 0 Å². The predicted molar refractivity (Wildman–Crippen MR) is 74.8 cm³/mol. The maximum atomic E-state index is 12.2. The number of methoxy groups -OCH3 is 1. The molecule has 0 aliphatic rings. The number of carbonyl (C=O) groups is 1. The van der Waals surface area contributed by atoms with E-state index in [1.807, 2.05) is 31.2 Å². The number of aryl methyl sites for hydroxylation is 1. The zero-order valence-corrected chi connectivity index (χ0v) is 11.8. The summed E-state index contributed by atoms with van der Waals surface area (Å²) in [7, 11) is 1.36. The van der Waals surface area contributed by atoms with E-state index < -0.39 is 11.5 Å². The average Bonchev–Trinajstić information content (AvgIpc) is 2.41. The van der Waals surface area contributed by atoms with Crippen LogP contribution < -0.4 is 5.73 Å². The molecule has 4 nitrogen and oxygen atoms in total. The van der Waals surface area contributed by atoms with E-state index in [0.29, 0.717) is 12.8 Å². The third-order valence-corrected chi connectivity index (χ3v) is 3.52. The zero-order chi connectivity index (χ0) is 14.5. The summed E-state index contributed by atoms with van der Waals surface area (Å²) in [5.74, 6) is -0.348. The van der Waals surface area contributed by atoms with E-state index in [2.05, 4.69) is 0 Å². The Labute approximate surface area is 114 Å². The number of aliphatic hydroxyl groups is 1. The van der Waals surface area contributed by atoms with Crippen LogP contribution in [0.4, 0.5) is 0 Å². The fourth-order valence-corrected chi connectivity index (χ4v) is 2.19. The van der Waals surface area contributed by atoms with Crippen molar-refractivity contribution in [3.63, 3.8) is 0 Å². The van der Waals surface area contributed by atoms with Gasteiger partial charge in [-0.15, -0.1) is 0 Å². The van der Waals surface area contributed by atoms with E-state index in [-0.39, 0.29) is 12.5 Å². The first kappa shape index (κ1) is 15.7. The lowest BCUT2D eigenvalue weighted by molar-refractivity contribution is -0.147. The Morgan fingerprint density at radius 3 is 2.42 bits per heavy atom. The molecule has 0 fully saturated rings. The van der Waals surface area contributed by atoms with Crippen LogP contribution in [-0.2, 0) is 14.9 Å². The van der Waals surface area contributed by atoms with Crippen LogP contribution in [0.3, 0.4) is 0 Å². The number of aliphatic hydroxyl groups excluding tert-OH is 1. The van der Waals surface area contributed by atoms with Gasteiger partial charge in [0.2, 0.25) is 0 Å². The quantitative estimate of drug-likeness (QED) is 0.765. The van der Waals surface area contributed by atoms with Gasteiger partial charge in [0.15, 0.2) is 0 Å². The van der Waals surface area contributed by atoms with Gasteiger partial charge in [0.05, 0.1) is 13.2 Å². The zero-order valence-electron chi connectivity index (χ0n) is 11.8. The van der Waals surface area contributed by atoms with E-state index in [1.165, 1.54) is 7.11 Å². The van der Waals surface area contributed by atoms with Gasteiger partial charge < -0.3 is 15.6 Å². The SMILES string of the molecule is COC(=O)C(CN)(CCC(C)O)c1ccc(C)cc1. The van der Waals surface area contributed by atoms with Crippen LogP contribution in [0.1, 0.15) is 30.9 Å². The van der Waals surface area contributed by atoms with Crippen molar-refractivity contribution in [3.05, 3.63) is 35.4 Å². The largest absolute Gasteiger partial charge is 0.468 e. The van der Waals surface area contributed by atoms with Crippen molar-refractivity contribution in [1.29, 1.82) is 0 Å². The standard InChI is InChI=1S/C15H23NO3/c1-11-4-6-13(7-5-11)15(10-16,14(18)19-3)9-8-12(2)17/h4-7,12,17H,8-10,16H2,1-3H3. The van der Waals surface area contributed by atoms with Crippen molar-refractivity contribution in [2.24, 2.45) is 5.73 Å². The number of hydrogen-bond acceptors (Lipinski definition) is 4. The predicted octanol–water partition coefficient (Wildman–Crippen LogP) is 1.53. The molecule has 0 aliphatic heterocycles. The van der Waals surface area contributed by atoms with Crippen LogP contribution in [0, 0.1) is 6.92 Å². The Bertz CT molecular complexity index is 414. The van der Waals surface area contributed by atoms with Crippen molar-refractivity contribution >= 4 is 5.97 Å². The molecule has 1 rings (SSSR count). The summed E-state index contributed by atoms with van der Waals surface area (Å²) >= 11 is 0. The van der Waals surface area contributed by atoms with E-state index in [4.69, 9.17) is 10.5 Å². The number of carbonyl (C=O) groups excluding carboxylic acids is 1. The van der Waals surface area contributed by atoms with Crippen LogP contribution in [-0.4, -0.2) is 30.8 Å². The fraction of sp³-hybridized carbons (Fsp3) is 0.533. The molecule has 0 aliphatic carbocycles. The van der Waals surface area contributed by atoms with Crippen molar-refractivity contribution in [3.8, 4) is 0 Å². The second-order valence-electron chi connectivity index (χ2n) is 5.03. The highest BCUT2D eigenvalue weighted by atomic mass is 16.5. The molecule has 1 aromatic rings. The Kier molecular flexibility index (Phi) is 5.51. The normalized spacial score (nSPS) is 15.6. The summed E-state index contributed by atoms with van der Waals surface area (Å²) in [6, 6.07) is 7.71. The minimum Gasteiger partial charge on any atom is -0.468 e. The van der Waals surface area contributed by atoms with Gasteiger partial charge in [0, 0.05) is 6.54 Å². The van der Waals surface area contributed by atoms with Crippen molar-refractivity contribution < 1.29 is 14.6 Å². The Morgan fingerprint density at radius 2 is 2.00 bits per heavy atom. The molecular weight excluding hydrogens is 242 g/mol. The molecule has 0 saturated carbocycles. The Balaban J connectivity index is 3.15. The highest BCUT2D eigenvalue weighted by Crippen LogP contribution is 2.31. The topological polar surface area (TPSA) is 72.5 Å². The molecule has 106 valence electrons. The highest BCUT2D eigenvalue weighted by molar-refractivity contribution is 5.83. The van der Waals surface area contributed by atoms with Crippen LogP contribution in [0.2, 0.25) is 0 Å². The molecule has 1 aromatic carbocycles. The molecule has 3 N–H and O–H groups in total. The number of esters is 1. The lowest BCUT2D eigenvalue weighted by Gasteiger charge is -2.30. The van der Waals surface area contributed by atoms with Crippen LogP contribution in [0.25, 0.3) is 0 Å². The number of benzene rings is 1. The lowest BCUT2D eigenvalue weighted by atomic mass is 9.76. The van der Waals surface area contributed by atoms with Gasteiger partial charge in [0.1, 0.15) is 5.41 Å². The Morgan fingerprint density at radius 1 is 1.42 bits per heavy atom. The number of hydrogen-bond donors (Lipinski definition) is 2. The first-order chi connectivity index (χ1) is 8.96. The smallest absolute Gasteiger partial charge is 0.317 e. The van der Waals surface area contributed by atoms with E-state index in [9.17, 15) is 9.90 Å². The summed E-state index contributed by atoms with van der Waals surface area (Å²) in [6.07, 6.45) is 0.498. The summed E-state index contributed by atoms with van der Waals surface area (Å²) in [5, 5.41) is 9.46. The molecule has 0 amide bonds. The van der Waals surface area contributed by atoms with Crippen molar-refractivity contribution in [2.45, 2.75) is 38.2 Å². The number of ether oxygens (including phenoxy) is 1. The van der Waals surface area contributed by atoms with Gasteiger partial charge in [-0.2, -0.15) is 0 Å². The molecule has 0 radical (unpaired) electrons. The fourth-order valence-electron chi connectivity index (χ4n) is 2.19. The molecular formula is C15H23NO3. The Hall–Kier alpha value is -1.39. The monoisotopic (exact) mass is 265 g/mol. The summed E-state index contributed by atoms with van der Waals surface area (Å²) < 4.78 is 4.92. The maximum absolute atomic E-state index is 12.2. The second kappa shape index (κ2) is 6.68. The minimum atomic E-state index is -0.876. The van der Waals surface area contributed by atoms with E-state index in [1.54, 1.807) is 6.92 Å². The molecule has 0 heterocycles. The third kappa shape index (κ3) is 3.55. The van der Waals surface area contributed by atoms with Gasteiger partial charge in [-0.1, -0.05) is 29.8 Å². The van der Waals surface area contributed by atoms with Crippen LogP contribution in [0.15, 0.2) is 24.3 Å². The van der Waals surface area contributed by atoms with Crippen LogP contribution in [0.5, 0.6) is 0 Å². The summed E-state index contributed by atoms with van der Waals surface area (Å²) in [4.78, 5) is 12.2. The molecule has 19 heavy (non-hydrogen) atoms. The van der Waals surface area contributed by atoms with Gasteiger partial charge in [-0.05, 0) is 32.3 Å². The molecule has 0 saturated heterocycles. The van der Waals surface area contributed by atoms with Crippen molar-refractivity contribution in [2.75, 3.05) is 13.7 Å². The summed E-state index contributed by atoms with van der Waals surface area (Å²) in [5.41, 5.74) is 6.94. The number of rotatable bonds is 6. The first-order valence-electron chi connectivity index (χ1n) is 6.50. The molecule has 0 spiro atoms. The molecule has 2 atom stereocenters. The maximum Gasteiger partial charge on any atom is 0.317 e. The average molecular weight is 265 g/mol. The third-order valence-electron chi connectivity index (χ3n) is 3.52. The number of nitrogens with two attached hydrogens (primary N) is 1. The van der Waals surface area contributed by atoms with Gasteiger partial charge in [-0.3, -0.25) is 4.79 Å². The molecule has 0 bridgehead atoms. The molecule has 4 heteroatoms. The van der Waals surface area contributed by atoms with Gasteiger partial charge in [0.25, 0.3) is 0 Å². The summed E-state index contributed by atoms with van der Waals surface area (Å²) in [6.45, 7) is 3.85. The molecule has 0 aromatic heterocycles. The minimum absolute atomic E-state index is 0.162.